The number of carboxylic acid groups (broad SMARTS) is 1. The quantitative estimate of drug-likeness (QED) is 0.814. The van der Waals surface area contributed by atoms with Gasteiger partial charge in [-0.15, -0.1) is 0 Å². The van der Waals surface area contributed by atoms with Gasteiger partial charge in [-0.3, -0.25) is 9.59 Å². The molecule has 0 aliphatic rings. The van der Waals surface area contributed by atoms with Crippen LogP contribution in [0.5, 0.6) is 0 Å². The highest BCUT2D eigenvalue weighted by molar-refractivity contribution is 6.30. The molecule has 1 aromatic heterocycles. The number of aliphatic carboxylic acids is 1. The van der Waals surface area contributed by atoms with E-state index in [1.165, 1.54) is 0 Å². The second kappa shape index (κ2) is 7.53. The summed E-state index contributed by atoms with van der Waals surface area (Å²) in [6.45, 7) is 5.66. The van der Waals surface area contributed by atoms with Crippen molar-refractivity contribution in [3.8, 4) is 0 Å². The van der Waals surface area contributed by atoms with Gasteiger partial charge in [0.2, 0.25) is 0 Å². The highest BCUT2D eigenvalue weighted by Gasteiger charge is 2.22. The molecule has 0 unspecified atom stereocenters. The predicted octanol–water partition coefficient (Wildman–Crippen LogP) is 4.31. The number of aryl methyl sites for hydroxylation is 1. The van der Waals surface area contributed by atoms with E-state index in [1.807, 2.05) is 13.8 Å². The van der Waals surface area contributed by atoms with E-state index in [2.05, 4.69) is 5.32 Å². The summed E-state index contributed by atoms with van der Waals surface area (Å²) >= 11 is 5.86. The fourth-order valence-electron chi connectivity index (χ4n) is 2.37. The molecule has 0 fully saturated rings. The summed E-state index contributed by atoms with van der Waals surface area (Å²) in [7, 11) is 0. The molecular weight excluding hydrogens is 330 g/mol. The lowest BCUT2D eigenvalue weighted by Gasteiger charge is -2.17. The normalized spacial score (nSPS) is 12.2. The Labute approximate surface area is 145 Å². The van der Waals surface area contributed by atoms with Gasteiger partial charge < -0.3 is 14.8 Å². The standard InChI is InChI=1S/C18H20ClNO4/c1-10(2)16-8-14(11(3)24-16)18(23)20-15(9-17(21)22)12-4-6-13(19)7-5-12/h4-8,10,15H,9H2,1-3H3,(H,20,23)(H,21,22)/t15-/m0/s1. The minimum absolute atomic E-state index is 0.163. The van der Waals surface area contributed by atoms with Gasteiger partial charge in [0.1, 0.15) is 11.5 Å². The average molecular weight is 350 g/mol. The molecule has 2 aromatic rings. The van der Waals surface area contributed by atoms with Crippen LogP contribution in [0.3, 0.4) is 0 Å². The van der Waals surface area contributed by atoms with E-state index in [-0.39, 0.29) is 18.2 Å². The molecule has 2 rings (SSSR count). The van der Waals surface area contributed by atoms with Crippen molar-refractivity contribution in [1.29, 1.82) is 0 Å². The second-order valence-corrected chi connectivity index (χ2v) is 6.39. The van der Waals surface area contributed by atoms with Crippen molar-refractivity contribution in [3.63, 3.8) is 0 Å². The van der Waals surface area contributed by atoms with Crippen molar-refractivity contribution < 1.29 is 19.1 Å². The third-order valence-corrected chi connectivity index (χ3v) is 3.96. The Morgan fingerprint density at radius 1 is 1.25 bits per heavy atom. The SMILES string of the molecule is Cc1oc(C(C)C)cc1C(=O)N[C@@H](CC(=O)O)c1ccc(Cl)cc1. The number of hydrogen-bond acceptors (Lipinski definition) is 3. The van der Waals surface area contributed by atoms with Crippen molar-refractivity contribution >= 4 is 23.5 Å². The van der Waals surface area contributed by atoms with Crippen LogP contribution in [-0.4, -0.2) is 17.0 Å². The van der Waals surface area contributed by atoms with Crippen LogP contribution in [0, 0.1) is 6.92 Å². The van der Waals surface area contributed by atoms with Crippen molar-refractivity contribution in [3.05, 3.63) is 58.0 Å². The Morgan fingerprint density at radius 2 is 1.88 bits per heavy atom. The van der Waals surface area contributed by atoms with Crippen molar-refractivity contribution in [1.82, 2.24) is 5.32 Å². The van der Waals surface area contributed by atoms with Crippen LogP contribution in [-0.2, 0) is 4.79 Å². The predicted molar refractivity (Wildman–Crippen MR) is 91.4 cm³/mol. The molecule has 0 saturated heterocycles. The van der Waals surface area contributed by atoms with Crippen LogP contribution in [0.15, 0.2) is 34.7 Å². The van der Waals surface area contributed by atoms with Gasteiger partial charge in [-0.1, -0.05) is 37.6 Å². The highest BCUT2D eigenvalue weighted by Crippen LogP contribution is 2.24. The Hall–Kier alpha value is -2.27. The topological polar surface area (TPSA) is 79.5 Å². The first kappa shape index (κ1) is 18.1. The summed E-state index contributed by atoms with van der Waals surface area (Å²) < 4.78 is 5.59. The van der Waals surface area contributed by atoms with Gasteiger partial charge in [0.25, 0.3) is 5.91 Å². The molecule has 0 aliphatic heterocycles. The summed E-state index contributed by atoms with van der Waals surface area (Å²) in [4.78, 5) is 23.7. The zero-order chi connectivity index (χ0) is 17.9. The lowest BCUT2D eigenvalue weighted by molar-refractivity contribution is -0.137. The third-order valence-electron chi connectivity index (χ3n) is 3.71. The summed E-state index contributed by atoms with van der Waals surface area (Å²) in [6, 6.07) is 7.80. The maximum Gasteiger partial charge on any atom is 0.305 e. The molecule has 0 aliphatic carbocycles. The van der Waals surface area contributed by atoms with Gasteiger partial charge in [-0.2, -0.15) is 0 Å². The molecule has 128 valence electrons. The smallest absolute Gasteiger partial charge is 0.305 e. The zero-order valence-corrected chi connectivity index (χ0v) is 14.6. The molecule has 1 aromatic carbocycles. The highest BCUT2D eigenvalue weighted by atomic mass is 35.5. The first-order chi connectivity index (χ1) is 11.3. The summed E-state index contributed by atoms with van der Waals surface area (Å²) in [6.07, 6.45) is -0.221. The average Bonchev–Trinajstić information content (AvgIpc) is 2.89. The van der Waals surface area contributed by atoms with Gasteiger partial charge in [0.05, 0.1) is 18.0 Å². The number of furan rings is 1. The molecular formula is C18H20ClNO4. The van der Waals surface area contributed by atoms with E-state index < -0.39 is 12.0 Å². The summed E-state index contributed by atoms with van der Waals surface area (Å²) in [5.74, 6) is 0.0445. The van der Waals surface area contributed by atoms with Crippen LogP contribution >= 0.6 is 11.6 Å². The molecule has 1 atom stereocenters. The Balaban J connectivity index is 2.24. The fourth-order valence-corrected chi connectivity index (χ4v) is 2.50. The molecule has 1 amide bonds. The number of hydrogen-bond donors (Lipinski definition) is 2. The number of amides is 1. The zero-order valence-electron chi connectivity index (χ0n) is 13.8. The number of carbonyl (C=O) groups excluding carboxylic acids is 1. The Kier molecular flexibility index (Phi) is 5.67. The minimum atomic E-state index is -0.998. The second-order valence-electron chi connectivity index (χ2n) is 5.95. The molecule has 0 bridgehead atoms. The molecule has 1 heterocycles. The first-order valence-electron chi connectivity index (χ1n) is 7.66. The Bertz CT molecular complexity index is 734. The van der Waals surface area contributed by atoms with Crippen molar-refractivity contribution in [2.45, 2.75) is 39.2 Å². The van der Waals surface area contributed by atoms with Gasteiger partial charge >= 0.3 is 5.97 Å². The van der Waals surface area contributed by atoms with Crippen LogP contribution in [0.4, 0.5) is 0 Å². The largest absolute Gasteiger partial charge is 0.481 e. The lowest BCUT2D eigenvalue weighted by Crippen LogP contribution is -2.30. The van der Waals surface area contributed by atoms with E-state index in [1.54, 1.807) is 37.3 Å². The summed E-state index contributed by atoms with van der Waals surface area (Å²) in [5, 5.41) is 12.4. The molecule has 2 N–H and O–H groups in total. The number of carbonyl (C=O) groups is 2. The number of halogens is 1. The van der Waals surface area contributed by atoms with E-state index in [0.29, 0.717) is 21.9 Å². The maximum atomic E-state index is 12.5. The number of rotatable bonds is 6. The van der Waals surface area contributed by atoms with Crippen LogP contribution in [0.1, 0.15) is 59.7 Å². The Morgan fingerprint density at radius 3 is 2.38 bits per heavy atom. The van der Waals surface area contributed by atoms with Gasteiger partial charge in [0.15, 0.2) is 0 Å². The van der Waals surface area contributed by atoms with E-state index >= 15 is 0 Å². The lowest BCUT2D eigenvalue weighted by atomic mass is 10.0. The maximum absolute atomic E-state index is 12.5. The number of benzene rings is 1. The molecule has 0 saturated carbocycles. The van der Waals surface area contributed by atoms with Crippen LogP contribution < -0.4 is 5.32 Å². The van der Waals surface area contributed by atoms with Crippen molar-refractivity contribution in [2.75, 3.05) is 0 Å². The fraction of sp³-hybridized carbons (Fsp3) is 0.333. The molecule has 6 heteroatoms. The van der Waals surface area contributed by atoms with Gasteiger partial charge in [0, 0.05) is 10.9 Å². The first-order valence-corrected chi connectivity index (χ1v) is 8.04. The molecule has 0 spiro atoms. The third kappa shape index (κ3) is 4.38. The molecule has 24 heavy (non-hydrogen) atoms. The molecule has 0 radical (unpaired) electrons. The minimum Gasteiger partial charge on any atom is -0.481 e. The van der Waals surface area contributed by atoms with Gasteiger partial charge in [-0.25, -0.2) is 0 Å². The van der Waals surface area contributed by atoms with Crippen LogP contribution in [0.2, 0.25) is 5.02 Å². The van der Waals surface area contributed by atoms with E-state index in [4.69, 9.17) is 21.1 Å². The van der Waals surface area contributed by atoms with Crippen LogP contribution in [0.25, 0.3) is 0 Å². The van der Waals surface area contributed by atoms with E-state index in [0.717, 1.165) is 5.76 Å². The van der Waals surface area contributed by atoms with Gasteiger partial charge in [-0.05, 0) is 30.7 Å². The van der Waals surface area contributed by atoms with E-state index in [9.17, 15) is 9.59 Å². The monoisotopic (exact) mass is 349 g/mol. The number of carboxylic acids is 1. The number of nitrogens with one attached hydrogen (secondary N) is 1. The van der Waals surface area contributed by atoms with Crippen molar-refractivity contribution in [2.24, 2.45) is 0 Å². The summed E-state index contributed by atoms with van der Waals surface area (Å²) in [5.41, 5.74) is 1.10. The molecule has 5 nitrogen and oxygen atoms in total.